The fourth-order valence-corrected chi connectivity index (χ4v) is 4.68. The lowest BCUT2D eigenvalue weighted by Gasteiger charge is -2.25. The number of aromatic hydroxyl groups is 1. The van der Waals surface area contributed by atoms with Crippen LogP contribution in [0.5, 0.6) is 5.75 Å². The van der Waals surface area contributed by atoms with Gasteiger partial charge in [0, 0.05) is 36.5 Å². The molecule has 0 aliphatic heterocycles. The van der Waals surface area contributed by atoms with Gasteiger partial charge in [0.2, 0.25) is 23.6 Å². The zero-order valence-corrected chi connectivity index (χ0v) is 24.9. The zero-order chi connectivity index (χ0) is 33.8. The predicted octanol–water partition coefficient (Wildman–Crippen LogP) is -1.55. The van der Waals surface area contributed by atoms with Crippen LogP contribution < -0.4 is 38.9 Å². The molecule has 3 aromatic rings. The molecule has 0 aliphatic carbocycles. The van der Waals surface area contributed by atoms with Gasteiger partial charge < -0.3 is 54.1 Å². The number of benzene rings is 2. The van der Waals surface area contributed by atoms with Gasteiger partial charge in [-0.15, -0.1) is 0 Å². The molecule has 1 aromatic heterocycles. The molecule has 0 saturated carbocycles. The minimum absolute atomic E-state index is 0.0303. The first kappa shape index (κ1) is 34.8. The number of aliphatic imine (C=N–C) groups is 1. The largest absolute Gasteiger partial charge is 0.508 e. The van der Waals surface area contributed by atoms with E-state index in [2.05, 4.69) is 25.9 Å². The molecule has 0 spiro atoms. The second-order valence-electron chi connectivity index (χ2n) is 10.7. The Morgan fingerprint density at radius 2 is 1.46 bits per heavy atom. The molecule has 0 bridgehead atoms. The van der Waals surface area contributed by atoms with Crippen molar-refractivity contribution in [3.8, 4) is 5.75 Å². The molecular weight excluding hydrogens is 598 g/mol. The Labute approximate surface area is 264 Å². The summed E-state index contributed by atoms with van der Waals surface area (Å²) >= 11 is 0. The van der Waals surface area contributed by atoms with E-state index in [9.17, 15) is 34.2 Å². The van der Waals surface area contributed by atoms with Crippen LogP contribution in [-0.4, -0.2) is 81.5 Å². The first-order valence-corrected chi connectivity index (χ1v) is 14.4. The number of carboxylic acids is 1. The highest BCUT2D eigenvalue weighted by Gasteiger charge is 2.31. The number of fused-ring (bicyclic) bond motifs is 1. The van der Waals surface area contributed by atoms with E-state index in [0.717, 1.165) is 10.9 Å². The van der Waals surface area contributed by atoms with Crippen molar-refractivity contribution in [2.24, 2.45) is 27.9 Å². The van der Waals surface area contributed by atoms with Crippen molar-refractivity contribution >= 4 is 46.5 Å². The van der Waals surface area contributed by atoms with Crippen LogP contribution in [0.1, 0.15) is 30.4 Å². The van der Waals surface area contributed by atoms with Gasteiger partial charge in [-0.2, -0.15) is 0 Å². The highest BCUT2D eigenvalue weighted by Crippen LogP contribution is 2.19. The van der Waals surface area contributed by atoms with E-state index >= 15 is 0 Å². The molecule has 46 heavy (non-hydrogen) atoms. The maximum Gasteiger partial charge on any atom is 0.326 e. The van der Waals surface area contributed by atoms with Crippen LogP contribution in [0, 0.1) is 0 Å². The maximum atomic E-state index is 13.6. The lowest BCUT2D eigenvalue weighted by atomic mass is 10.0. The molecule has 4 atom stereocenters. The summed E-state index contributed by atoms with van der Waals surface area (Å²) in [6.07, 6.45) is 1.38. The fraction of sp³-hybridized carbons (Fsp3) is 0.333. The Bertz CT molecular complexity index is 1570. The van der Waals surface area contributed by atoms with Gasteiger partial charge in [0.15, 0.2) is 5.96 Å². The number of rotatable bonds is 17. The van der Waals surface area contributed by atoms with Crippen molar-refractivity contribution in [3.63, 3.8) is 0 Å². The van der Waals surface area contributed by atoms with Crippen LogP contribution in [0.3, 0.4) is 0 Å². The molecule has 246 valence electrons. The van der Waals surface area contributed by atoms with Gasteiger partial charge in [-0.25, -0.2) is 4.79 Å². The summed E-state index contributed by atoms with van der Waals surface area (Å²) in [5, 5.41) is 27.8. The summed E-state index contributed by atoms with van der Waals surface area (Å²) in [6.45, 7) is 0.222. The number of hydrogen-bond acceptors (Lipinski definition) is 8. The molecule has 0 aliphatic rings. The molecule has 0 saturated heterocycles. The average Bonchev–Trinajstić information content (AvgIpc) is 3.41. The molecule has 3 rings (SSSR count). The second-order valence-corrected chi connectivity index (χ2v) is 10.7. The number of phenolic OH excluding ortho intramolecular Hbond substituents is 1. The van der Waals surface area contributed by atoms with Crippen molar-refractivity contribution in [2.45, 2.75) is 56.3 Å². The third-order valence-electron chi connectivity index (χ3n) is 7.07. The van der Waals surface area contributed by atoms with Crippen molar-refractivity contribution < 1.29 is 34.2 Å². The number of carboxylic acid groups (broad SMARTS) is 1. The number of carbonyl (C=O) groups excluding carboxylic acids is 4. The van der Waals surface area contributed by atoms with Crippen molar-refractivity contribution in [1.82, 2.24) is 20.9 Å². The molecule has 4 unspecified atom stereocenters. The zero-order valence-electron chi connectivity index (χ0n) is 24.9. The normalized spacial score (nSPS) is 13.5. The van der Waals surface area contributed by atoms with E-state index in [4.69, 9.17) is 22.9 Å². The average molecular weight is 638 g/mol. The van der Waals surface area contributed by atoms with Crippen molar-refractivity contribution in [3.05, 3.63) is 65.9 Å². The predicted molar refractivity (Wildman–Crippen MR) is 169 cm³/mol. The first-order chi connectivity index (χ1) is 21.8. The number of aromatic nitrogens is 1. The molecule has 1 heterocycles. The monoisotopic (exact) mass is 637 g/mol. The number of carbonyl (C=O) groups is 5. The number of guanidine groups is 1. The Balaban J connectivity index is 1.78. The second kappa shape index (κ2) is 16.4. The number of H-pyrrole nitrogens is 1. The van der Waals surface area contributed by atoms with Crippen molar-refractivity contribution in [1.29, 1.82) is 0 Å². The summed E-state index contributed by atoms with van der Waals surface area (Å²) in [6, 6.07) is 7.78. The van der Waals surface area contributed by atoms with Gasteiger partial charge in [-0.1, -0.05) is 30.3 Å². The minimum Gasteiger partial charge on any atom is -0.508 e. The molecule has 0 fully saturated rings. The number of nitrogens with one attached hydrogen (secondary N) is 4. The number of nitrogens with zero attached hydrogens (tertiary/aromatic N) is 1. The van der Waals surface area contributed by atoms with E-state index in [-0.39, 0.29) is 37.5 Å². The van der Waals surface area contributed by atoms with Crippen molar-refractivity contribution in [2.75, 3.05) is 6.54 Å². The highest BCUT2D eigenvalue weighted by molar-refractivity contribution is 5.96. The standard InChI is InChI=1S/C30H39N9O7/c31-20(5-3-11-35-30(33)34)26(42)37-23(14-25(32)41)28(44)38-22(12-16-7-9-18(40)10-8-16)27(43)39-24(29(45)46)13-17-15-36-21-6-2-1-4-19(17)21/h1-2,4,6-10,15,20,22-24,36,40H,3,5,11-14,31H2,(H2,32,41)(H,37,42)(H,38,44)(H,39,43)(H,45,46)(H4,33,34,35). The highest BCUT2D eigenvalue weighted by atomic mass is 16.4. The van der Waals surface area contributed by atoms with E-state index in [1.807, 2.05) is 18.2 Å². The summed E-state index contributed by atoms with van der Waals surface area (Å²) in [5.41, 5.74) is 23.8. The van der Waals surface area contributed by atoms with Gasteiger partial charge in [0.1, 0.15) is 23.9 Å². The molecule has 2 aromatic carbocycles. The lowest BCUT2D eigenvalue weighted by Crippen LogP contribution is -2.58. The van der Waals surface area contributed by atoms with Crippen LogP contribution in [0.4, 0.5) is 0 Å². The summed E-state index contributed by atoms with van der Waals surface area (Å²) in [7, 11) is 0. The lowest BCUT2D eigenvalue weighted by molar-refractivity contribution is -0.142. The van der Waals surface area contributed by atoms with E-state index in [0.29, 0.717) is 17.5 Å². The van der Waals surface area contributed by atoms with Crippen LogP contribution in [-0.2, 0) is 36.8 Å². The third-order valence-corrected chi connectivity index (χ3v) is 7.07. The molecule has 4 amide bonds. The van der Waals surface area contributed by atoms with Crippen LogP contribution >= 0.6 is 0 Å². The Hall–Kier alpha value is -5.64. The Morgan fingerprint density at radius 1 is 0.826 bits per heavy atom. The quantitative estimate of drug-likeness (QED) is 0.0462. The van der Waals surface area contributed by atoms with Crippen LogP contribution in [0.25, 0.3) is 10.9 Å². The van der Waals surface area contributed by atoms with Gasteiger partial charge in [-0.05, 0) is 42.2 Å². The minimum atomic E-state index is -1.50. The topological polar surface area (TPSA) is 294 Å². The maximum absolute atomic E-state index is 13.6. The number of primary amides is 1. The van der Waals surface area contributed by atoms with Gasteiger partial charge in [0.05, 0.1) is 12.5 Å². The Kier molecular flexibility index (Phi) is 12.5. The smallest absolute Gasteiger partial charge is 0.326 e. The number of phenols is 1. The number of aromatic amines is 1. The number of aliphatic carboxylic acids is 1. The van der Waals surface area contributed by atoms with Gasteiger partial charge in [-0.3, -0.25) is 24.2 Å². The number of hydrogen-bond donors (Lipinski definition) is 10. The third kappa shape index (κ3) is 10.5. The van der Waals surface area contributed by atoms with Gasteiger partial charge >= 0.3 is 5.97 Å². The Morgan fingerprint density at radius 3 is 2.11 bits per heavy atom. The first-order valence-electron chi connectivity index (χ1n) is 14.4. The number of amides is 4. The molecule has 0 radical (unpaired) electrons. The van der Waals surface area contributed by atoms with E-state index in [1.165, 1.54) is 24.3 Å². The molecular formula is C30H39N9O7. The summed E-state index contributed by atoms with van der Waals surface area (Å²) < 4.78 is 0. The molecule has 16 heteroatoms. The molecule has 14 N–H and O–H groups in total. The van der Waals surface area contributed by atoms with Crippen LogP contribution in [0.2, 0.25) is 0 Å². The SMILES string of the molecule is NC(=O)CC(NC(=O)C(N)CCCN=C(N)N)C(=O)NC(Cc1ccc(O)cc1)C(=O)NC(Cc1c[nH]c2ccccc12)C(=O)O. The summed E-state index contributed by atoms with van der Waals surface area (Å²) in [5.74, 6) is -4.88. The van der Waals surface area contributed by atoms with Crippen LogP contribution in [0.15, 0.2) is 59.7 Å². The van der Waals surface area contributed by atoms with Gasteiger partial charge in [0.25, 0.3) is 0 Å². The van der Waals surface area contributed by atoms with E-state index < -0.39 is 60.2 Å². The summed E-state index contributed by atoms with van der Waals surface area (Å²) in [4.78, 5) is 70.6. The number of nitrogens with two attached hydrogens (primary N) is 4. The number of para-hydroxylation sites is 1. The fourth-order valence-electron chi connectivity index (χ4n) is 4.68. The molecule has 16 nitrogen and oxygen atoms in total. The van der Waals surface area contributed by atoms with E-state index in [1.54, 1.807) is 12.3 Å².